The topological polar surface area (TPSA) is 76.8 Å². The molecule has 0 aliphatic rings. The molecule has 1 amide bonds. The SMILES string of the molecule is COc1cccc(CN(Cc2ccccc2)Cc2nc(C(=O)NCC(C)C)co2)c1OC. The Hall–Kier alpha value is -3.32. The Labute approximate surface area is 189 Å². The van der Waals surface area contributed by atoms with E-state index in [9.17, 15) is 4.79 Å². The summed E-state index contributed by atoms with van der Waals surface area (Å²) in [6, 6.07) is 16.0. The van der Waals surface area contributed by atoms with Gasteiger partial charge >= 0.3 is 0 Å². The fourth-order valence-corrected chi connectivity index (χ4v) is 3.39. The number of carbonyl (C=O) groups is 1. The number of amides is 1. The Morgan fingerprint density at radius 2 is 1.81 bits per heavy atom. The van der Waals surface area contributed by atoms with E-state index in [2.05, 4.69) is 27.3 Å². The van der Waals surface area contributed by atoms with Crippen molar-refractivity contribution in [3.8, 4) is 11.5 Å². The van der Waals surface area contributed by atoms with E-state index in [1.165, 1.54) is 6.26 Å². The van der Waals surface area contributed by atoms with Crippen LogP contribution in [0.2, 0.25) is 0 Å². The summed E-state index contributed by atoms with van der Waals surface area (Å²) in [4.78, 5) is 18.9. The maximum Gasteiger partial charge on any atom is 0.273 e. The zero-order valence-electron chi connectivity index (χ0n) is 19.1. The average molecular weight is 438 g/mol. The predicted octanol–water partition coefficient (Wildman–Crippen LogP) is 4.28. The lowest BCUT2D eigenvalue weighted by Gasteiger charge is -2.23. The first-order valence-electron chi connectivity index (χ1n) is 10.7. The van der Waals surface area contributed by atoms with Crippen LogP contribution >= 0.6 is 0 Å². The van der Waals surface area contributed by atoms with Gasteiger partial charge < -0.3 is 19.2 Å². The number of aromatic nitrogens is 1. The summed E-state index contributed by atoms with van der Waals surface area (Å²) in [7, 11) is 3.26. The number of ether oxygens (including phenoxy) is 2. The van der Waals surface area contributed by atoms with Crippen LogP contribution in [0.15, 0.2) is 59.2 Å². The van der Waals surface area contributed by atoms with Gasteiger partial charge in [0.15, 0.2) is 17.2 Å². The van der Waals surface area contributed by atoms with Gasteiger partial charge in [-0.25, -0.2) is 4.98 Å². The van der Waals surface area contributed by atoms with Crippen LogP contribution < -0.4 is 14.8 Å². The summed E-state index contributed by atoms with van der Waals surface area (Å²) in [5, 5.41) is 2.87. The summed E-state index contributed by atoms with van der Waals surface area (Å²) in [5.41, 5.74) is 2.44. The largest absolute Gasteiger partial charge is 0.493 e. The van der Waals surface area contributed by atoms with Gasteiger partial charge in [-0.05, 0) is 17.5 Å². The normalized spacial score (nSPS) is 11.1. The minimum Gasteiger partial charge on any atom is -0.493 e. The second kappa shape index (κ2) is 11.3. The number of nitrogens with one attached hydrogen (secondary N) is 1. The molecule has 0 aliphatic heterocycles. The Balaban J connectivity index is 1.79. The van der Waals surface area contributed by atoms with Crippen molar-refractivity contribution >= 4 is 5.91 Å². The standard InChI is InChI=1S/C25H31N3O4/c1-18(2)13-26-25(29)21-17-32-23(27-21)16-28(14-19-9-6-5-7-10-19)15-20-11-8-12-22(30-3)24(20)31-4/h5-12,17-18H,13-16H2,1-4H3,(H,26,29). The smallest absolute Gasteiger partial charge is 0.273 e. The van der Waals surface area contributed by atoms with Gasteiger partial charge in [-0.3, -0.25) is 9.69 Å². The molecular formula is C25H31N3O4. The lowest BCUT2D eigenvalue weighted by atomic mass is 10.1. The second-order valence-corrected chi connectivity index (χ2v) is 8.01. The Morgan fingerprint density at radius 3 is 2.50 bits per heavy atom. The highest BCUT2D eigenvalue weighted by molar-refractivity contribution is 5.91. The third kappa shape index (κ3) is 6.34. The van der Waals surface area contributed by atoms with Gasteiger partial charge in [-0.1, -0.05) is 56.3 Å². The van der Waals surface area contributed by atoms with Crippen LogP contribution in [0.5, 0.6) is 11.5 Å². The van der Waals surface area contributed by atoms with Gasteiger partial charge in [-0.2, -0.15) is 0 Å². The Kier molecular flexibility index (Phi) is 8.27. The van der Waals surface area contributed by atoms with E-state index in [0.717, 1.165) is 11.1 Å². The van der Waals surface area contributed by atoms with Crippen LogP contribution in [0, 0.1) is 5.92 Å². The molecule has 0 aliphatic carbocycles. The highest BCUT2D eigenvalue weighted by Gasteiger charge is 2.18. The van der Waals surface area contributed by atoms with Crippen molar-refractivity contribution < 1.29 is 18.7 Å². The van der Waals surface area contributed by atoms with Crippen LogP contribution in [0.3, 0.4) is 0 Å². The maximum absolute atomic E-state index is 12.3. The van der Waals surface area contributed by atoms with Gasteiger partial charge in [-0.15, -0.1) is 0 Å². The molecule has 7 nitrogen and oxygen atoms in total. The number of hydrogen-bond acceptors (Lipinski definition) is 6. The van der Waals surface area contributed by atoms with E-state index >= 15 is 0 Å². The highest BCUT2D eigenvalue weighted by atomic mass is 16.5. The molecule has 7 heteroatoms. The molecule has 1 aromatic heterocycles. The highest BCUT2D eigenvalue weighted by Crippen LogP contribution is 2.32. The van der Waals surface area contributed by atoms with Crippen LogP contribution in [0.4, 0.5) is 0 Å². The van der Waals surface area contributed by atoms with E-state index in [4.69, 9.17) is 13.9 Å². The quantitative estimate of drug-likeness (QED) is 0.483. The van der Waals surface area contributed by atoms with E-state index in [1.54, 1.807) is 14.2 Å². The number of benzene rings is 2. The molecule has 0 bridgehead atoms. The zero-order valence-corrected chi connectivity index (χ0v) is 19.1. The summed E-state index contributed by atoms with van der Waals surface area (Å²) >= 11 is 0. The van der Waals surface area contributed by atoms with E-state index in [-0.39, 0.29) is 5.91 Å². The lowest BCUT2D eigenvalue weighted by Crippen LogP contribution is -2.27. The van der Waals surface area contributed by atoms with Crippen molar-refractivity contribution in [2.24, 2.45) is 5.92 Å². The molecule has 2 aromatic carbocycles. The monoisotopic (exact) mass is 437 g/mol. The fraction of sp³-hybridized carbons (Fsp3) is 0.360. The summed E-state index contributed by atoms with van der Waals surface area (Å²) in [6.45, 7) is 6.39. The first-order valence-corrected chi connectivity index (χ1v) is 10.7. The zero-order chi connectivity index (χ0) is 22.9. The van der Waals surface area contributed by atoms with Gasteiger partial charge in [0.25, 0.3) is 5.91 Å². The third-order valence-electron chi connectivity index (χ3n) is 4.94. The van der Waals surface area contributed by atoms with Crippen molar-refractivity contribution in [2.45, 2.75) is 33.5 Å². The van der Waals surface area contributed by atoms with E-state index in [1.807, 2.05) is 50.2 Å². The molecule has 170 valence electrons. The lowest BCUT2D eigenvalue weighted by molar-refractivity contribution is 0.0944. The summed E-state index contributed by atoms with van der Waals surface area (Å²) in [6.07, 6.45) is 1.41. The Morgan fingerprint density at radius 1 is 1.03 bits per heavy atom. The third-order valence-corrected chi connectivity index (χ3v) is 4.94. The predicted molar refractivity (Wildman–Crippen MR) is 123 cm³/mol. The van der Waals surface area contributed by atoms with Gasteiger partial charge in [0.2, 0.25) is 5.89 Å². The van der Waals surface area contributed by atoms with E-state index < -0.39 is 0 Å². The van der Waals surface area contributed by atoms with Crippen LogP contribution in [0.25, 0.3) is 0 Å². The molecule has 0 atom stereocenters. The molecule has 3 aromatic rings. The molecule has 0 saturated carbocycles. The van der Waals surface area contributed by atoms with Gasteiger partial charge in [0, 0.05) is 25.2 Å². The number of methoxy groups -OCH3 is 2. The first kappa shape index (κ1) is 23.3. The molecule has 1 N–H and O–H groups in total. The molecule has 32 heavy (non-hydrogen) atoms. The molecule has 0 unspecified atom stereocenters. The van der Waals surface area contributed by atoms with Crippen molar-refractivity contribution in [3.05, 3.63) is 77.5 Å². The van der Waals surface area contributed by atoms with Gasteiger partial charge in [0.1, 0.15) is 6.26 Å². The average Bonchev–Trinajstić information content (AvgIpc) is 3.26. The molecule has 0 spiro atoms. The number of nitrogens with zero attached hydrogens (tertiary/aromatic N) is 2. The van der Waals surface area contributed by atoms with Gasteiger partial charge in [0.05, 0.1) is 20.8 Å². The molecule has 0 saturated heterocycles. The molecule has 3 rings (SSSR count). The number of carbonyl (C=O) groups excluding carboxylic acids is 1. The van der Waals surface area contributed by atoms with Crippen molar-refractivity contribution in [2.75, 3.05) is 20.8 Å². The van der Waals surface area contributed by atoms with Crippen LogP contribution in [0.1, 0.15) is 41.4 Å². The number of oxazole rings is 1. The summed E-state index contributed by atoms with van der Waals surface area (Å²) in [5.74, 6) is 2.01. The molecular weight excluding hydrogens is 406 g/mol. The molecule has 1 heterocycles. The maximum atomic E-state index is 12.3. The minimum atomic E-state index is -0.224. The van der Waals surface area contributed by atoms with Crippen LogP contribution in [-0.2, 0) is 19.6 Å². The van der Waals surface area contributed by atoms with Crippen molar-refractivity contribution in [1.82, 2.24) is 15.2 Å². The first-order chi connectivity index (χ1) is 15.5. The second-order valence-electron chi connectivity index (χ2n) is 8.01. The Bertz CT molecular complexity index is 1000. The molecule has 0 fully saturated rings. The number of hydrogen-bond donors (Lipinski definition) is 1. The molecule has 0 radical (unpaired) electrons. The van der Waals surface area contributed by atoms with Crippen LogP contribution in [-0.4, -0.2) is 36.6 Å². The minimum absolute atomic E-state index is 0.224. The number of rotatable bonds is 11. The van der Waals surface area contributed by atoms with Crippen molar-refractivity contribution in [3.63, 3.8) is 0 Å². The van der Waals surface area contributed by atoms with Crippen molar-refractivity contribution in [1.29, 1.82) is 0 Å². The summed E-state index contributed by atoms with van der Waals surface area (Å²) < 4.78 is 16.7. The van der Waals surface area contributed by atoms with E-state index in [0.29, 0.717) is 55.2 Å². The fourth-order valence-electron chi connectivity index (χ4n) is 3.39. The number of para-hydroxylation sites is 1.